The molecule has 1 aliphatic rings. The molecule has 0 saturated heterocycles. The number of aryl methyl sites for hydroxylation is 1. The normalized spacial score (nSPS) is 19.7. The molecule has 156 valence electrons. The van der Waals surface area contributed by atoms with Crippen LogP contribution in [0.5, 0.6) is 5.75 Å². The van der Waals surface area contributed by atoms with Crippen molar-refractivity contribution in [2.75, 3.05) is 6.61 Å². The quantitative estimate of drug-likeness (QED) is 0.612. The van der Waals surface area contributed by atoms with Gasteiger partial charge in [-0.1, -0.05) is 37.8 Å². The van der Waals surface area contributed by atoms with Crippen molar-refractivity contribution < 1.29 is 27.8 Å². The molecule has 0 radical (unpaired) electrons. The van der Waals surface area contributed by atoms with Gasteiger partial charge < -0.3 is 9.84 Å². The van der Waals surface area contributed by atoms with Crippen molar-refractivity contribution in [3.63, 3.8) is 0 Å². The van der Waals surface area contributed by atoms with E-state index in [4.69, 9.17) is 16.3 Å². The highest BCUT2D eigenvalue weighted by Crippen LogP contribution is 2.41. The van der Waals surface area contributed by atoms with Crippen molar-refractivity contribution in [2.24, 2.45) is 5.10 Å². The van der Waals surface area contributed by atoms with Crippen LogP contribution in [0, 0.1) is 6.92 Å². The Bertz CT molecular complexity index is 740. The van der Waals surface area contributed by atoms with E-state index < -0.39 is 30.8 Å². The smallest absolute Gasteiger partial charge is 0.438 e. The summed E-state index contributed by atoms with van der Waals surface area (Å²) in [4.78, 5) is 12.4. The molecule has 5 nitrogen and oxygen atoms in total. The van der Waals surface area contributed by atoms with Gasteiger partial charge in [0.15, 0.2) is 6.61 Å². The minimum absolute atomic E-state index is 0.116. The fraction of sp³-hybridized carbons (Fsp3) is 0.579. The molecule has 0 saturated carbocycles. The number of halogens is 4. The van der Waals surface area contributed by atoms with Gasteiger partial charge in [-0.3, -0.25) is 4.79 Å². The van der Waals surface area contributed by atoms with Crippen molar-refractivity contribution in [1.82, 2.24) is 5.01 Å². The topological polar surface area (TPSA) is 62.1 Å². The standard InChI is InChI=1S/C19H24ClF3N2O3/c1-3-4-5-6-7-14-11-18(27,19(21,22)23)25(24-14)17(26)12-28-15-8-9-16(20)13(2)10-15/h8-10,27H,3-7,11-12H2,1-2H3/t18-/m0/s1. The molecule has 1 amide bonds. The van der Waals surface area contributed by atoms with Gasteiger partial charge in [-0.2, -0.15) is 23.3 Å². The van der Waals surface area contributed by atoms with Gasteiger partial charge in [0.05, 0.1) is 0 Å². The van der Waals surface area contributed by atoms with E-state index in [9.17, 15) is 23.1 Å². The summed E-state index contributed by atoms with van der Waals surface area (Å²) in [6.07, 6.45) is -2.00. The Morgan fingerprint density at radius 2 is 2.07 bits per heavy atom. The molecule has 1 aromatic rings. The van der Waals surface area contributed by atoms with Gasteiger partial charge in [-0.25, -0.2) is 0 Å². The maximum Gasteiger partial charge on any atom is 0.438 e. The van der Waals surface area contributed by atoms with Gasteiger partial charge in [-0.05, 0) is 43.5 Å². The number of benzene rings is 1. The van der Waals surface area contributed by atoms with Gasteiger partial charge >= 0.3 is 6.18 Å². The molecule has 28 heavy (non-hydrogen) atoms. The second-order valence-corrected chi connectivity index (χ2v) is 7.28. The Morgan fingerprint density at radius 3 is 2.68 bits per heavy atom. The third-order valence-corrected chi connectivity index (χ3v) is 4.97. The average Bonchev–Trinajstić information content (AvgIpc) is 2.97. The second-order valence-electron chi connectivity index (χ2n) is 6.87. The molecule has 1 aromatic carbocycles. The number of hydrazone groups is 1. The molecule has 1 atom stereocenters. The van der Waals surface area contributed by atoms with Crippen molar-refractivity contribution in [2.45, 2.75) is 64.3 Å². The van der Waals surface area contributed by atoms with E-state index in [1.807, 2.05) is 6.92 Å². The molecule has 1 heterocycles. The molecule has 1 aliphatic heterocycles. The summed E-state index contributed by atoms with van der Waals surface area (Å²) in [5.74, 6) is -0.787. The van der Waals surface area contributed by atoms with Crippen LogP contribution in [0.2, 0.25) is 5.02 Å². The summed E-state index contributed by atoms with van der Waals surface area (Å²) in [5.41, 5.74) is -2.48. The predicted octanol–water partition coefficient (Wildman–Crippen LogP) is 4.84. The van der Waals surface area contributed by atoms with Crippen LogP contribution in [0.15, 0.2) is 23.3 Å². The highest BCUT2D eigenvalue weighted by atomic mass is 35.5. The molecular weight excluding hydrogens is 397 g/mol. The minimum atomic E-state index is -5.03. The van der Waals surface area contributed by atoms with Crippen molar-refractivity contribution >= 4 is 23.2 Å². The molecular formula is C19H24ClF3N2O3. The number of ether oxygens (including phenoxy) is 1. The number of amides is 1. The fourth-order valence-corrected chi connectivity index (χ4v) is 3.03. The van der Waals surface area contributed by atoms with Gasteiger partial charge in [0.1, 0.15) is 5.75 Å². The lowest BCUT2D eigenvalue weighted by Gasteiger charge is -2.32. The zero-order chi connectivity index (χ0) is 20.9. The molecule has 2 rings (SSSR count). The first-order chi connectivity index (χ1) is 13.1. The van der Waals surface area contributed by atoms with Gasteiger partial charge in [0.25, 0.3) is 11.6 Å². The van der Waals surface area contributed by atoms with Crippen LogP contribution in [0.3, 0.4) is 0 Å². The summed E-state index contributed by atoms with van der Waals surface area (Å²) in [6.45, 7) is 3.07. The number of carbonyl (C=O) groups excluding carboxylic acids is 1. The number of hydrogen-bond acceptors (Lipinski definition) is 4. The number of carbonyl (C=O) groups is 1. The van der Waals surface area contributed by atoms with Crippen molar-refractivity contribution in [3.05, 3.63) is 28.8 Å². The predicted molar refractivity (Wildman–Crippen MR) is 100 cm³/mol. The van der Waals surface area contributed by atoms with Crippen LogP contribution >= 0.6 is 11.6 Å². The SMILES string of the molecule is CCCCCCC1=NN(C(=O)COc2ccc(Cl)c(C)c2)[C@@](O)(C(F)(F)F)C1. The Labute approximate surface area is 167 Å². The lowest BCUT2D eigenvalue weighted by Crippen LogP contribution is -2.57. The number of rotatable bonds is 8. The number of aliphatic hydroxyl groups is 1. The van der Waals surface area contributed by atoms with E-state index in [-0.39, 0.29) is 16.5 Å². The van der Waals surface area contributed by atoms with Crippen LogP contribution < -0.4 is 4.74 Å². The van der Waals surface area contributed by atoms with E-state index in [0.29, 0.717) is 23.4 Å². The lowest BCUT2D eigenvalue weighted by molar-refractivity contribution is -0.302. The molecule has 0 bridgehead atoms. The van der Waals surface area contributed by atoms with E-state index in [1.165, 1.54) is 6.07 Å². The zero-order valence-corrected chi connectivity index (χ0v) is 16.6. The van der Waals surface area contributed by atoms with Crippen molar-refractivity contribution in [3.8, 4) is 5.75 Å². The fourth-order valence-electron chi connectivity index (χ4n) is 2.91. The Kier molecular flexibility index (Phi) is 7.33. The van der Waals surface area contributed by atoms with Crippen LogP contribution in [-0.4, -0.2) is 40.2 Å². The molecule has 0 aromatic heterocycles. The van der Waals surface area contributed by atoms with Crippen LogP contribution in [0.25, 0.3) is 0 Å². The second kappa shape index (κ2) is 9.13. The Morgan fingerprint density at radius 1 is 1.36 bits per heavy atom. The molecule has 1 N–H and O–H groups in total. The maximum atomic E-state index is 13.5. The van der Waals surface area contributed by atoms with Gasteiger partial charge in [0, 0.05) is 17.2 Å². The average molecular weight is 421 g/mol. The van der Waals surface area contributed by atoms with E-state index in [2.05, 4.69) is 5.10 Å². The highest BCUT2D eigenvalue weighted by Gasteiger charge is 2.63. The first-order valence-corrected chi connectivity index (χ1v) is 9.53. The first kappa shape index (κ1) is 22.5. The van der Waals surface area contributed by atoms with Crippen LogP contribution in [0.1, 0.15) is 51.0 Å². The summed E-state index contributed by atoms with van der Waals surface area (Å²) >= 11 is 5.91. The zero-order valence-electron chi connectivity index (χ0n) is 15.9. The molecule has 9 heteroatoms. The summed E-state index contributed by atoms with van der Waals surface area (Å²) in [7, 11) is 0. The van der Waals surface area contributed by atoms with Gasteiger partial charge in [-0.15, -0.1) is 0 Å². The Hall–Kier alpha value is -1.80. The number of alkyl halides is 3. The maximum absolute atomic E-state index is 13.5. The monoisotopic (exact) mass is 420 g/mol. The van der Waals surface area contributed by atoms with E-state index in [1.54, 1.807) is 19.1 Å². The number of unbranched alkanes of at least 4 members (excludes halogenated alkanes) is 3. The molecule has 0 spiro atoms. The van der Waals surface area contributed by atoms with E-state index >= 15 is 0 Å². The molecule has 0 fully saturated rings. The first-order valence-electron chi connectivity index (χ1n) is 9.16. The lowest BCUT2D eigenvalue weighted by atomic mass is 10.0. The minimum Gasteiger partial charge on any atom is -0.484 e. The molecule has 0 unspecified atom stereocenters. The number of hydrogen-bond donors (Lipinski definition) is 1. The van der Waals surface area contributed by atoms with Crippen LogP contribution in [0.4, 0.5) is 13.2 Å². The number of nitrogens with zero attached hydrogens (tertiary/aromatic N) is 2. The third-order valence-electron chi connectivity index (χ3n) is 4.54. The van der Waals surface area contributed by atoms with Gasteiger partial charge in [0.2, 0.25) is 0 Å². The summed E-state index contributed by atoms with van der Waals surface area (Å²) in [6, 6.07) is 4.63. The largest absolute Gasteiger partial charge is 0.484 e. The molecule has 0 aliphatic carbocycles. The summed E-state index contributed by atoms with van der Waals surface area (Å²) < 4.78 is 45.7. The van der Waals surface area contributed by atoms with E-state index in [0.717, 1.165) is 19.3 Å². The van der Waals surface area contributed by atoms with Crippen LogP contribution in [-0.2, 0) is 4.79 Å². The Balaban J connectivity index is 2.09. The van der Waals surface area contributed by atoms with Crippen molar-refractivity contribution in [1.29, 1.82) is 0 Å². The summed E-state index contributed by atoms with van der Waals surface area (Å²) in [5, 5.41) is 14.6. The third kappa shape index (κ3) is 5.17. The highest BCUT2D eigenvalue weighted by molar-refractivity contribution is 6.31.